The molecule has 0 bridgehead atoms. The van der Waals surface area contributed by atoms with E-state index in [1.165, 1.54) is 6.26 Å². The van der Waals surface area contributed by atoms with Gasteiger partial charge in [-0.15, -0.1) is 0 Å². The second kappa shape index (κ2) is 7.14. The average Bonchev–Trinajstić information content (AvgIpc) is 2.19. The molecule has 1 atom stereocenters. The molecule has 106 valence electrons. The molecule has 0 N–H and O–H groups in total. The molecular weight excluding hydrogens is 300 g/mol. The summed E-state index contributed by atoms with van der Waals surface area (Å²) in [5.74, 6) is 0. The fourth-order valence-corrected chi connectivity index (χ4v) is 15.6. The third kappa shape index (κ3) is 6.42. The summed E-state index contributed by atoms with van der Waals surface area (Å²) < 4.78 is 29.1. The lowest BCUT2D eigenvalue weighted by atomic mass is 10.5. The predicted octanol–water partition coefficient (Wildman–Crippen LogP) is 1.24. The standard InChI is InChI=1S/C9H24O5Si4/c1-6-10-8-7-9-16-11-15-12-17(2,3)14-18(4,5)13-16/h6,16H,1,7-9,15H2,2-5H3. The van der Waals surface area contributed by atoms with Crippen LogP contribution in [0.5, 0.6) is 0 Å². The molecule has 1 unspecified atom stereocenters. The van der Waals surface area contributed by atoms with Gasteiger partial charge in [0.1, 0.15) is 0 Å². The van der Waals surface area contributed by atoms with Crippen molar-refractivity contribution in [1.29, 1.82) is 0 Å². The van der Waals surface area contributed by atoms with Gasteiger partial charge in [-0.2, -0.15) is 0 Å². The first-order chi connectivity index (χ1) is 8.35. The van der Waals surface area contributed by atoms with Gasteiger partial charge in [-0.25, -0.2) is 0 Å². The monoisotopic (exact) mass is 324 g/mol. The maximum absolute atomic E-state index is 6.14. The van der Waals surface area contributed by atoms with E-state index in [0.717, 1.165) is 12.5 Å². The first kappa shape index (κ1) is 16.3. The van der Waals surface area contributed by atoms with Crippen molar-refractivity contribution < 1.29 is 21.2 Å². The Morgan fingerprint density at radius 1 is 1.28 bits per heavy atom. The molecule has 0 aromatic carbocycles. The van der Waals surface area contributed by atoms with Crippen LogP contribution in [0.15, 0.2) is 12.8 Å². The van der Waals surface area contributed by atoms with Crippen molar-refractivity contribution >= 4 is 36.4 Å². The number of ether oxygens (including phenoxy) is 1. The lowest BCUT2D eigenvalue weighted by molar-refractivity contribution is 0.241. The summed E-state index contributed by atoms with van der Waals surface area (Å²) in [7, 11) is -6.73. The van der Waals surface area contributed by atoms with Crippen molar-refractivity contribution in [3.05, 3.63) is 12.8 Å². The molecule has 0 saturated carbocycles. The fraction of sp³-hybridized carbons (Fsp3) is 0.778. The minimum atomic E-state index is -2.11. The molecule has 1 rings (SSSR count). The number of hydrogen-bond donors (Lipinski definition) is 0. The van der Waals surface area contributed by atoms with Crippen LogP contribution in [0, 0.1) is 0 Å². The van der Waals surface area contributed by atoms with Crippen LogP contribution < -0.4 is 0 Å². The van der Waals surface area contributed by atoms with Crippen LogP contribution in [-0.4, -0.2) is 43.0 Å². The highest BCUT2D eigenvalue weighted by Gasteiger charge is 2.40. The molecule has 0 aromatic heterocycles. The van der Waals surface area contributed by atoms with Crippen LogP contribution >= 0.6 is 0 Å². The van der Waals surface area contributed by atoms with Gasteiger partial charge in [0.05, 0.1) is 12.9 Å². The van der Waals surface area contributed by atoms with Gasteiger partial charge < -0.3 is 21.2 Å². The summed E-state index contributed by atoms with van der Waals surface area (Å²) in [4.78, 5) is 0. The first-order valence-electron chi connectivity index (χ1n) is 6.21. The van der Waals surface area contributed by atoms with Crippen molar-refractivity contribution in [3.63, 3.8) is 0 Å². The number of rotatable bonds is 5. The maximum Gasteiger partial charge on any atom is 0.313 e. The third-order valence-corrected chi connectivity index (χ3v) is 15.8. The zero-order chi connectivity index (χ0) is 13.6. The van der Waals surface area contributed by atoms with E-state index in [4.69, 9.17) is 21.2 Å². The highest BCUT2D eigenvalue weighted by Crippen LogP contribution is 2.21. The maximum atomic E-state index is 6.14. The van der Waals surface area contributed by atoms with E-state index in [9.17, 15) is 0 Å². The van der Waals surface area contributed by atoms with Crippen LogP contribution in [0.1, 0.15) is 6.42 Å². The molecular formula is C9H24O5Si4. The second-order valence-corrected chi connectivity index (χ2v) is 16.6. The SMILES string of the molecule is C=COCCC[SiH]1O[SiH2]O[Si](C)(C)O[Si](C)(C)O1. The Morgan fingerprint density at radius 2 is 2.00 bits per heavy atom. The molecule has 0 amide bonds. The smallest absolute Gasteiger partial charge is 0.313 e. The third-order valence-electron chi connectivity index (χ3n) is 2.39. The van der Waals surface area contributed by atoms with Gasteiger partial charge in [0.2, 0.25) is 0 Å². The van der Waals surface area contributed by atoms with Gasteiger partial charge in [-0.3, -0.25) is 0 Å². The van der Waals surface area contributed by atoms with E-state index in [-0.39, 0.29) is 0 Å². The van der Waals surface area contributed by atoms with Crippen LogP contribution in [-0.2, 0) is 21.2 Å². The molecule has 5 nitrogen and oxygen atoms in total. The molecule has 1 fully saturated rings. The molecule has 1 aliphatic heterocycles. The summed E-state index contributed by atoms with van der Waals surface area (Å²) in [6.45, 7) is 12.4. The number of hydrogen-bond acceptors (Lipinski definition) is 5. The molecule has 1 aliphatic rings. The Kier molecular flexibility index (Phi) is 6.47. The molecule has 0 radical (unpaired) electrons. The molecule has 9 heteroatoms. The molecule has 0 spiro atoms. The normalized spacial score (nSPS) is 28.3. The van der Waals surface area contributed by atoms with Crippen molar-refractivity contribution in [3.8, 4) is 0 Å². The van der Waals surface area contributed by atoms with Crippen molar-refractivity contribution in [2.45, 2.75) is 38.7 Å². The van der Waals surface area contributed by atoms with E-state index >= 15 is 0 Å². The topological polar surface area (TPSA) is 46.2 Å². The molecule has 1 heterocycles. The molecule has 0 aromatic rings. The molecule has 1 saturated heterocycles. The highest BCUT2D eigenvalue weighted by atomic mass is 28.5. The summed E-state index contributed by atoms with van der Waals surface area (Å²) in [6, 6.07) is 0.936. The lowest BCUT2D eigenvalue weighted by Gasteiger charge is -2.38. The Labute approximate surface area is 116 Å². The minimum Gasteiger partial charge on any atom is -0.502 e. The van der Waals surface area contributed by atoms with E-state index in [1.807, 2.05) is 0 Å². The Balaban J connectivity index is 2.44. The highest BCUT2D eigenvalue weighted by molar-refractivity contribution is 6.84. The summed E-state index contributed by atoms with van der Waals surface area (Å²) in [5, 5.41) is 0. The van der Waals surface area contributed by atoms with E-state index in [2.05, 4.69) is 32.8 Å². The van der Waals surface area contributed by atoms with Gasteiger partial charge in [0.15, 0.2) is 0 Å². The Bertz CT molecular complexity index is 274. The Morgan fingerprint density at radius 3 is 2.67 bits per heavy atom. The second-order valence-electron chi connectivity index (χ2n) is 5.06. The summed E-state index contributed by atoms with van der Waals surface area (Å²) in [5.41, 5.74) is 0. The first-order valence-corrected chi connectivity index (χ1v) is 14.8. The summed E-state index contributed by atoms with van der Waals surface area (Å²) >= 11 is 0. The largest absolute Gasteiger partial charge is 0.502 e. The van der Waals surface area contributed by atoms with Crippen molar-refractivity contribution in [2.24, 2.45) is 0 Å². The zero-order valence-electron chi connectivity index (χ0n) is 11.7. The van der Waals surface area contributed by atoms with Crippen molar-refractivity contribution in [1.82, 2.24) is 0 Å². The van der Waals surface area contributed by atoms with Gasteiger partial charge in [0, 0.05) is 0 Å². The van der Waals surface area contributed by atoms with Crippen LogP contribution in [0.25, 0.3) is 0 Å². The minimum absolute atomic E-state index is 0.672. The molecule has 18 heavy (non-hydrogen) atoms. The van der Waals surface area contributed by atoms with Gasteiger partial charge in [-0.05, 0) is 38.7 Å². The van der Waals surface area contributed by atoms with E-state index in [1.54, 1.807) is 0 Å². The average molecular weight is 325 g/mol. The van der Waals surface area contributed by atoms with Gasteiger partial charge in [0.25, 0.3) is 10.0 Å². The van der Waals surface area contributed by atoms with Crippen LogP contribution in [0.3, 0.4) is 0 Å². The molecule has 0 aliphatic carbocycles. The van der Waals surface area contributed by atoms with E-state index in [0.29, 0.717) is 6.61 Å². The van der Waals surface area contributed by atoms with Gasteiger partial charge in [-0.1, -0.05) is 6.58 Å². The van der Waals surface area contributed by atoms with Crippen LogP contribution in [0.4, 0.5) is 0 Å². The van der Waals surface area contributed by atoms with Crippen molar-refractivity contribution in [2.75, 3.05) is 6.61 Å². The predicted molar refractivity (Wildman–Crippen MR) is 80.6 cm³/mol. The quantitative estimate of drug-likeness (QED) is 0.432. The summed E-state index contributed by atoms with van der Waals surface area (Å²) in [6.07, 6.45) is 2.40. The van der Waals surface area contributed by atoms with E-state index < -0.39 is 36.4 Å². The lowest BCUT2D eigenvalue weighted by Crippen LogP contribution is -2.55. The van der Waals surface area contributed by atoms with Gasteiger partial charge >= 0.3 is 26.4 Å². The Hall–Kier alpha value is 0.248. The zero-order valence-corrected chi connectivity index (χ0v) is 16.3. The fourth-order valence-electron chi connectivity index (χ4n) is 1.81. The van der Waals surface area contributed by atoms with Crippen LogP contribution in [0.2, 0.25) is 32.2 Å².